The zero-order chi connectivity index (χ0) is 50.0. The number of hydrogen-bond donors (Lipinski definition) is 0. The van der Waals surface area contributed by atoms with Crippen LogP contribution in [-0.4, -0.2) is 37.2 Å². The van der Waals surface area contributed by atoms with E-state index in [0.29, 0.717) is 19.3 Å². The van der Waals surface area contributed by atoms with E-state index in [1.807, 2.05) is 0 Å². The number of allylic oxidation sites excluding steroid dienone is 16. The largest absolute Gasteiger partial charge is 0.462 e. The fourth-order valence-electron chi connectivity index (χ4n) is 7.77. The Kier molecular flexibility index (Phi) is 53.9. The minimum Gasteiger partial charge on any atom is -0.462 e. The molecule has 0 unspecified atom stereocenters. The van der Waals surface area contributed by atoms with Gasteiger partial charge in [0.05, 0.1) is 0 Å². The van der Waals surface area contributed by atoms with E-state index in [9.17, 15) is 14.4 Å². The maximum absolute atomic E-state index is 12.9. The van der Waals surface area contributed by atoms with E-state index < -0.39 is 6.10 Å². The molecule has 0 saturated carbocycles. The summed E-state index contributed by atoms with van der Waals surface area (Å²) < 4.78 is 16.8. The van der Waals surface area contributed by atoms with Crippen molar-refractivity contribution in [1.29, 1.82) is 0 Å². The first-order valence-corrected chi connectivity index (χ1v) is 28.7. The first kappa shape index (κ1) is 65.3. The highest BCUT2D eigenvalue weighted by Crippen LogP contribution is 2.15. The normalized spacial score (nSPS) is 12.8. The van der Waals surface area contributed by atoms with E-state index in [1.165, 1.54) is 103 Å². The molecule has 0 aliphatic carbocycles. The second kappa shape index (κ2) is 56.9. The Bertz CT molecular complexity index is 1380. The second-order valence-corrected chi connectivity index (χ2v) is 18.8. The lowest BCUT2D eigenvalue weighted by Crippen LogP contribution is -2.30. The standard InChI is InChI=1S/C63H106O6/c1-4-7-10-13-16-19-22-25-28-30-31-33-36-38-41-44-47-50-53-56-62(65)68-59-60(69-63(66)57-54-51-48-45-42-39-34-27-24-21-18-15-12-9-6-3)58-67-61(64)55-52-49-46-43-40-37-35-32-29-26-23-20-17-14-11-8-5-2/h7,10,16-17,19-20,25-26,28-29,31,33,35,37-38,41,60H,4-6,8-9,11-15,18,21-24,27,30,32,34,36,39-40,42-59H2,1-3H3/b10-7-,19-16-,20-17-,28-25-,29-26-,33-31-,37-35-,41-38-/t60-/m0/s1. The van der Waals surface area contributed by atoms with Gasteiger partial charge in [-0.05, 0) is 103 Å². The van der Waals surface area contributed by atoms with Crippen LogP contribution >= 0.6 is 0 Å². The Balaban J connectivity index is 4.48. The second-order valence-electron chi connectivity index (χ2n) is 18.8. The minimum absolute atomic E-state index is 0.0988. The predicted octanol–water partition coefficient (Wildman–Crippen LogP) is 19.3. The molecule has 0 heterocycles. The van der Waals surface area contributed by atoms with Gasteiger partial charge in [0, 0.05) is 19.3 Å². The van der Waals surface area contributed by atoms with Gasteiger partial charge in [-0.1, -0.05) is 240 Å². The van der Waals surface area contributed by atoms with Crippen LogP contribution in [0.3, 0.4) is 0 Å². The van der Waals surface area contributed by atoms with Crippen molar-refractivity contribution in [2.75, 3.05) is 13.2 Å². The molecule has 0 aliphatic heterocycles. The van der Waals surface area contributed by atoms with Crippen LogP contribution in [0.4, 0.5) is 0 Å². The summed E-state index contributed by atoms with van der Waals surface area (Å²) in [5.74, 6) is -0.945. The SMILES string of the molecule is CC/C=C\C/C=C\C/C=C\C/C=C\C/C=C\CCCCCC(=O)OC[C@H](COC(=O)CCCCCC/C=C\C/C=C\C/C=C\CCCCC)OC(=O)CCCCCCCCCCCCCCCCC. The van der Waals surface area contributed by atoms with Crippen molar-refractivity contribution in [2.45, 2.75) is 271 Å². The summed E-state index contributed by atoms with van der Waals surface area (Å²) in [6, 6.07) is 0. The molecular formula is C63H106O6. The van der Waals surface area contributed by atoms with Gasteiger partial charge in [-0.2, -0.15) is 0 Å². The summed E-state index contributed by atoms with van der Waals surface area (Å²) in [6.07, 6.45) is 75.3. The molecule has 0 fully saturated rings. The third kappa shape index (κ3) is 55.1. The van der Waals surface area contributed by atoms with E-state index in [2.05, 4.69) is 118 Å². The maximum atomic E-state index is 12.9. The molecule has 6 nitrogen and oxygen atoms in total. The molecular weight excluding hydrogens is 853 g/mol. The molecule has 0 saturated heterocycles. The van der Waals surface area contributed by atoms with Gasteiger partial charge < -0.3 is 14.2 Å². The van der Waals surface area contributed by atoms with Crippen molar-refractivity contribution in [3.05, 3.63) is 97.2 Å². The van der Waals surface area contributed by atoms with Crippen molar-refractivity contribution in [2.24, 2.45) is 0 Å². The van der Waals surface area contributed by atoms with Crippen molar-refractivity contribution >= 4 is 17.9 Å². The lowest BCUT2D eigenvalue weighted by atomic mass is 10.0. The van der Waals surface area contributed by atoms with Crippen molar-refractivity contribution in [3.63, 3.8) is 0 Å². The highest BCUT2D eigenvalue weighted by Gasteiger charge is 2.19. The number of rotatable bonds is 51. The first-order chi connectivity index (χ1) is 34.0. The Morgan fingerprint density at radius 2 is 0.565 bits per heavy atom. The number of unbranched alkanes of at least 4 members (excludes halogenated alkanes) is 24. The molecule has 0 bridgehead atoms. The number of ether oxygens (including phenoxy) is 3. The number of carbonyl (C=O) groups is 3. The summed E-state index contributed by atoms with van der Waals surface area (Å²) in [4.78, 5) is 38.2. The maximum Gasteiger partial charge on any atom is 0.306 e. The Hall–Kier alpha value is -3.67. The predicted molar refractivity (Wildman–Crippen MR) is 297 cm³/mol. The van der Waals surface area contributed by atoms with Crippen LogP contribution in [0.25, 0.3) is 0 Å². The van der Waals surface area contributed by atoms with Gasteiger partial charge in [-0.15, -0.1) is 0 Å². The molecule has 0 aromatic heterocycles. The summed E-state index contributed by atoms with van der Waals surface area (Å²) in [5.41, 5.74) is 0. The highest BCUT2D eigenvalue weighted by molar-refractivity contribution is 5.71. The van der Waals surface area contributed by atoms with Crippen molar-refractivity contribution in [3.8, 4) is 0 Å². The molecule has 1 atom stereocenters. The van der Waals surface area contributed by atoms with E-state index >= 15 is 0 Å². The van der Waals surface area contributed by atoms with Gasteiger partial charge in [-0.3, -0.25) is 14.4 Å². The minimum atomic E-state index is -0.800. The average molecular weight is 960 g/mol. The summed E-state index contributed by atoms with van der Waals surface area (Å²) in [5, 5.41) is 0. The van der Waals surface area contributed by atoms with Gasteiger partial charge in [0.15, 0.2) is 6.10 Å². The molecule has 0 spiro atoms. The van der Waals surface area contributed by atoms with Crippen LogP contribution in [0.2, 0.25) is 0 Å². The first-order valence-electron chi connectivity index (χ1n) is 28.7. The molecule has 0 aliphatic rings. The Labute approximate surface area is 426 Å². The topological polar surface area (TPSA) is 78.9 Å². The van der Waals surface area contributed by atoms with Crippen molar-refractivity contribution < 1.29 is 28.6 Å². The van der Waals surface area contributed by atoms with Crippen LogP contribution < -0.4 is 0 Å². The molecule has 0 amide bonds. The van der Waals surface area contributed by atoms with Gasteiger partial charge in [0.25, 0.3) is 0 Å². The van der Waals surface area contributed by atoms with Gasteiger partial charge in [0.2, 0.25) is 0 Å². The quantitative estimate of drug-likeness (QED) is 0.0262. The average Bonchev–Trinajstić information content (AvgIpc) is 3.35. The van der Waals surface area contributed by atoms with Gasteiger partial charge in [-0.25, -0.2) is 0 Å². The van der Waals surface area contributed by atoms with Crippen LogP contribution in [0.1, 0.15) is 265 Å². The van der Waals surface area contributed by atoms with Crippen LogP contribution in [0.5, 0.6) is 0 Å². The molecule has 0 radical (unpaired) electrons. The lowest BCUT2D eigenvalue weighted by Gasteiger charge is -2.18. The van der Waals surface area contributed by atoms with E-state index in [0.717, 1.165) is 122 Å². The fourth-order valence-corrected chi connectivity index (χ4v) is 7.77. The Morgan fingerprint density at radius 1 is 0.304 bits per heavy atom. The van der Waals surface area contributed by atoms with E-state index in [1.54, 1.807) is 0 Å². The van der Waals surface area contributed by atoms with Gasteiger partial charge in [0.1, 0.15) is 13.2 Å². The number of hydrogen-bond acceptors (Lipinski definition) is 6. The van der Waals surface area contributed by atoms with Gasteiger partial charge >= 0.3 is 17.9 Å². The Morgan fingerprint density at radius 3 is 0.928 bits per heavy atom. The molecule has 0 aromatic carbocycles. The third-order valence-electron chi connectivity index (χ3n) is 12.1. The monoisotopic (exact) mass is 959 g/mol. The number of esters is 3. The zero-order valence-corrected chi connectivity index (χ0v) is 45.0. The molecule has 69 heavy (non-hydrogen) atoms. The zero-order valence-electron chi connectivity index (χ0n) is 45.0. The van der Waals surface area contributed by atoms with E-state index in [-0.39, 0.29) is 31.1 Å². The summed E-state index contributed by atoms with van der Waals surface area (Å²) in [6.45, 7) is 6.46. The molecule has 6 heteroatoms. The summed E-state index contributed by atoms with van der Waals surface area (Å²) >= 11 is 0. The molecule has 394 valence electrons. The molecule has 0 aromatic rings. The molecule has 0 rings (SSSR count). The smallest absolute Gasteiger partial charge is 0.306 e. The van der Waals surface area contributed by atoms with Crippen LogP contribution in [-0.2, 0) is 28.6 Å². The molecule has 0 N–H and O–H groups in total. The lowest BCUT2D eigenvalue weighted by molar-refractivity contribution is -0.167. The van der Waals surface area contributed by atoms with E-state index in [4.69, 9.17) is 14.2 Å². The third-order valence-corrected chi connectivity index (χ3v) is 12.1. The van der Waals surface area contributed by atoms with Crippen molar-refractivity contribution in [1.82, 2.24) is 0 Å². The summed E-state index contributed by atoms with van der Waals surface area (Å²) in [7, 11) is 0. The van der Waals surface area contributed by atoms with Crippen LogP contribution in [0, 0.1) is 0 Å². The van der Waals surface area contributed by atoms with Crippen LogP contribution in [0.15, 0.2) is 97.2 Å². The highest BCUT2D eigenvalue weighted by atomic mass is 16.6. The number of carbonyl (C=O) groups excluding carboxylic acids is 3. The fraction of sp³-hybridized carbons (Fsp3) is 0.698.